The summed E-state index contributed by atoms with van der Waals surface area (Å²) >= 11 is 0. The van der Waals surface area contributed by atoms with E-state index >= 15 is 0 Å². The summed E-state index contributed by atoms with van der Waals surface area (Å²) in [4.78, 5) is 12.3. The zero-order valence-corrected chi connectivity index (χ0v) is 16.1. The van der Waals surface area contributed by atoms with E-state index in [4.69, 9.17) is 9.84 Å². The van der Waals surface area contributed by atoms with Crippen molar-refractivity contribution in [3.8, 4) is 11.5 Å². The minimum absolute atomic E-state index is 0.0610. The summed E-state index contributed by atoms with van der Waals surface area (Å²) < 4.78 is 6.09. The predicted molar refractivity (Wildman–Crippen MR) is 104 cm³/mol. The van der Waals surface area contributed by atoms with Crippen molar-refractivity contribution in [2.45, 2.75) is 89.6 Å². The SMILES string of the molecule is CC1(CCCCCCCCCCCCO)CC(=O)c2cc(O)ccc2O1. The third kappa shape index (κ3) is 6.64. The van der Waals surface area contributed by atoms with E-state index in [0.717, 1.165) is 25.7 Å². The number of phenols is 1. The molecule has 0 fully saturated rings. The molecule has 26 heavy (non-hydrogen) atoms. The Morgan fingerprint density at radius 1 is 0.962 bits per heavy atom. The van der Waals surface area contributed by atoms with Gasteiger partial charge in [0.05, 0.1) is 12.0 Å². The van der Waals surface area contributed by atoms with Gasteiger partial charge < -0.3 is 14.9 Å². The first kappa shape index (κ1) is 20.8. The normalized spacial score (nSPS) is 19.2. The quantitative estimate of drug-likeness (QED) is 0.489. The number of carbonyl (C=O) groups excluding carboxylic acids is 1. The number of aliphatic hydroxyl groups excluding tert-OH is 1. The highest BCUT2D eigenvalue weighted by Gasteiger charge is 2.36. The van der Waals surface area contributed by atoms with Gasteiger partial charge in [-0.1, -0.05) is 51.4 Å². The van der Waals surface area contributed by atoms with Gasteiger partial charge in [-0.15, -0.1) is 0 Å². The third-order valence-corrected chi connectivity index (χ3v) is 5.27. The lowest BCUT2D eigenvalue weighted by Crippen LogP contribution is -2.39. The molecule has 0 radical (unpaired) electrons. The van der Waals surface area contributed by atoms with Gasteiger partial charge in [-0.3, -0.25) is 4.79 Å². The van der Waals surface area contributed by atoms with Gasteiger partial charge in [0.2, 0.25) is 0 Å². The van der Waals surface area contributed by atoms with Crippen LogP contribution in [0.3, 0.4) is 0 Å². The zero-order valence-electron chi connectivity index (χ0n) is 16.1. The van der Waals surface area contributed by atoms with E-state index in [1.165, 1.54) is 51.0 Å². The third-order valence-electron chi connectivity index (χ3n) is 5.27. The van der Waals surface area contributed by atoms with E-state index in [-0.39, 0.29) is 11.5 Å². The number of rotatable bonds is 12. The predicted octanol–water partition coefficient (Wildman–Crippen LogP) is 5.40. The van der Waals surface area contributed by atoms with Gasteiger partial charge in [0.25, 0.3) is 0 Å². The number of hydrogen-bond acceptors (Lipinski definition) is 4. The molecular weight excluding hydrogens is 328 g/mol. The molecule has 2 N–H and O–H groups in total. The maximum Gasteiger partial charge on any atom is 0.170 e. The Morgan fingerprint density at radius 2 is 1.54 bits per heavy atom. The summed E-state index contributed by atoms with van der Waals surface area (Å²) in [7, 11) is 0. The topological polar surface area (TPSA) is 66.8 Å². The second kappa shape index (κ2) is 10.6. The van der Waals surface area contributed by atoms with Crippen molar-refractivity contribution >= 4 is 5.78 Å². The highest BCUT2D eigenvalue weighted by atomic mass is 16.5. The first-order chi connectivity index (χ1) is 12.5. The van der Waals surface area contributed by atoms with E-state index in [0.29, 0.717) is 24.3 Å². The molecule has 0 bridgehead atoms. The van der Waals surface area contributed by atoms with Gasteiger partial charge in [-0.25, -0.2) is 0 Å². The fourth-order valence-electron chi connectivity index (χ4n) is 3.73. The minimum Gasteiger partial charge on any atom is -0.508 e. The van der Waals surface area contributed by atoms with Crippen LogP contribution in [0.2, 0.25) is 0 Å². The summed E-state index contributed by atoms with van der Waals surface area (Å²) in [6.45, 7) is 2.34. The van der Waals surface area contributed by atoms with Gasteiger partial charge >= 0.3 is 0 Å². The van der Waals surface area contributed by atoms with Crippen molar-refractivity contribution < 1.29 is 19.7 Å². The first-order valence-electron chi connectivity index (χ1n) is 10.2. The van der Waals surface area contributed by atoms with Crippen LogP contribution in [-0.2, 0) is 0 Å². The molecule has 1 aromatic rings. The van der Waals surface area contributed by atoms with Crippen LogP contribution in [0.5, 0.6) is 11.5 Å². The van der Waals surface area contributed by atoms with E-state index in [1.807, 2.05) is 6.92 Å². The molecule has 1 heterocycles. The van der Waals surface area contributed by atoms with Crippen LogP contribution in [0.1, 0.15) is 94.3 Å². The molecule has 4 heteroatoms. The Bertz CT molecular complexity index is 569. The lowest BCUT2D eigenvalue weighted by atomic mass is 9.87. The van der Waals surface area contributed by atoms with Crippen molar-refractivity contribution in [3.63, 3.8) is 0 Å². The number of aromatic hydroxyl groups is 1. The molecule has 0 amide bonds. The van der Waals surface area contributed by atoms with Crippen molar-refractivity contribution in [1.82, 2.24) is 0 Å². The molecule has 2 rings (SSSR count). The fraction of sp³-hybridized carbons (Fsp3) is 0.682. The monoisotopic (exact) mass is 362 g/mol. The Hall–Kier alpha value is -1.55. The average molecular weight is 363 g/mol. The van der Waals surface area contributed by atoms with Crippen LogP contribution < -0.4 is 4.74 Å². The summed E-state index contributed by atoms with van der Waals surface area (Å²) in [6.07, 6.45) is 13.2. The number of ether oxygens (including phenoxy) is 1. The Labute approximate surface area is 157 Å². The zero-order chi connectivity index (χ0) is 18.8. The van der Waals surface area contributed by atoms with Crippen LogP contribution in [0.4, 0.5) is 0 Å². The summed E-state index contributed by atoms with van der Waals surface area (Å²) in [6, 6.07) is 4.77. The maximum absolute atomic E-state index is 12.3. The maximum atomic E-state index is 12.3. The second-order valence-corrected chi connectivity index (χ2v) is 7.84. The van der Waals surface area contributed by atoms with Crippen LogP contribution in [0.25, 0.3) is 0 Å². The Kier molecular flexibility index (Phi) is 8.43. The number of unbranched alkanes of at least 4 members (excludes halogenated alkanes) is 9. The van der Waals surface area contributed by atoms with Crippen LogP contribution in [0, 0.1) is 0 Å². The number of ketones is 1. The molecule has 0 saturated heterocycles. The van der Waals surface area contributed by atoms with Gasteiger partial charge in [0.15, 0.2) is 5.78 Å². The molecule has 1 aromatic carbocycles. The lowest BCUT2D eigenvalue weighted by Gasteiger charge is -2.35. The molecule has 0 saturated carbocycles. The van der Waals surface area contributed by atoms with Crippen molar-refractivity contribution in [2.24, 2.45) is 0 Å². The number of Topliss-reactive ketones (excluding diaryl/α,β-unsaturated/α-hetero) is 1. The molecular formula is C22H34O4. The van der Waals surface area contributed by atoms with E-state index < -0.39 is 5.60 Å². The molecule has 4 nitrogen and oxygen atoms in total. The molecule has 1 unspecified atom stereocenters. The largest absolute Gasteiger partial charge is 0.508 e. The molecule has 0 spiro atoms. The summed E-state index contributed by atoms with van der Waals surface area (Å²) in [5.74, 6) is 0.770. The van der Waals surface area contributed by atoms with Crippen LogP contribution in [0.15, 0.2) is 18.2 Å². The number of hydrogen-bond donors (Lipinski definition) is 2. The number of aliphatic hydroxyl groups is 1. The number of carbonyl (C=O) groups is 1. The van der Waals surface area contributed by atoms with Gasteiger partial charge in [0.1, 0.15) is 17.1 Å². The summed E-state index contributed by atoms with van der Waals surface area (Å²) in [5.41, 5.74) is 0.0785. The van der Waals surface area contributed by atoms with E-state index in [2.05, 4.69) is 0 Å². The van der Waals surface area contributed by atoms with Crippen LogP contribution >= 0.6 is 0 Å². The Balaban J connectivity index is 1.60. The molecule has 0 aliphatic carbocycles. The molecule has 1 aliphatic heterocycles. The lowest BCUT2D eigenvalue weighted by molar-refractivity contribution is 0.0452. The van der Waals surface area contributed by atoms with Crippen LogP contribution in [-0.4, -0.2) is 28.2 Å². The van der Waals surface area contributed by atoms with Gasteiger partial charge in [-0.05, 0) is 44.4 Å². The van der Waals surface area contributed by atoms with Gasteiger partial charge in [0, 0.05) is 6.61 Å². The number of benzene rings is 1. The second-order valence-electron chi connectivity index (χ2n) is 7.84. The van der Waals surface area contributed by atoms with Gasteiger partial charge in [-0.2, -0.15) is 0 Å². The smallest absolute Gasteiger partial charge is 0.170 e. The molecule has 1 atom stereocenters. The highest BCUT2D eigenvalue weighted by Crippen LogP contribution is 2.37. The van der Waals surface area contributed by atoms with E-state index in [9.17, 15) is 9.90 Å². The van der Waals surface area contributed by atoms with Crippen molar-refractivity contribution in [2.75, 3.05) is 6.61 Å². The molecule has 1 aliphatic rings. The molecule has 0 aromatic heterocycles. The average Bonchev–Trinajstić information content (AvgIpc) is 2.60. The number of fused-ring (bicyclic) bond motifs is 1. The highest BCUT2D eigenvalue weighted by molar-refractivity contribution is 6.00. The number of phenolic OH excluding ortho intramolecular Hbond substituents is 1. The van der Waals surface area contributed by atoms with Crippen molar-refractivity contribution in [3.05, 3.63) is 23.8 Å². The fourth-order valence-corrected chi connectivity index (χ4v) is 3.73. The molecule has 146 valence electrons. The minimum atomic E-state index is -0.423. The summed E-state index contributed by atoms with van der Waals surface area (Å²) in [5, 5.41) is 18.3. The first-order valence-corrected chi connectivity index (χ1v) is 10.2. The van der Waals surface area contributed by atoms with E-state index in [1.54, 1.807) is 12.1 Å². The Morgan fingerprint density at radius 3 is 2.15 bits per heavy atom. The van der Waals surface area contributed by atoms with Crippen molar-refractivity contribution in [1.29, 1.82) is 0 Å². The standard InChI is InChI=1S/C22H34O4/c1-22(14-10-8-6-4-2-3-5-7-9-11-15-23)17-20(25)19-16-18(24)12-13-21(19)26-22/h12-13,16,23-24H,2-11,14-15,17H2,1H3.